The molecule has 0 aliphatic carbocycles. The van der Waals surface area contributed by atoms with Gasteiger partial charge in [0.1, 0.15) is 0 Å². The number of β-amino-alcohol motifs (C(OH)–C–C–N with tert-alkyl or cyclic N) is 1. The number of rotatable bonds is 6. The van der Waals surface area contributed by atoms with Crippen LogP contribution in [0.4, 0.5) is 0 Å². The molecular weight excluding hydrogens is 218 g/mol. The van der Waals surface area contributed by atoms with Gasteiger partial charge in [-0.15, -0.1) is 0 Å². The number of amides is 1. The molecular formula is C12H25N3O2. The summed E-state index contributed by atoms with van der Waals surface area (Å²) in [5, 5.41) is 8.84. The second kappa shape index (κ2) is 7.63. The molecule has 100 valence electrons. The number of unbranched alkanes of at least 4 members (excludes halogenated alkanes) is 1. The van der Waals surface area contributed by atoms with Crippen LogP contribution >= 0.6 is 0 Å². The highest BCUT2D eigenvalue weighted by atomic mass is 16.3. The average molecular weight is 243 g/mol. The molecule has 17 heavy (non-hydrogen) atoms. The van der Waals surface area contributed by atoms with Gasteiger partial charge in [-0.2, -0.15) is 0 Å². The van der Waals surface area contributed by atoms with Crippen molar-refractivity contribution in [1.29, 1.82) is 0 Å². The van der Waals surface area contributed by atoms with Crippen molar-refractivity contribution in [2.45, 2.75) is 32.2 Å². The van der Waals surface area contributed by atoms with Crippen molar-refractivity contribution >= 4 is 5.91 Å². The molecule has 3 N–H and O–H groups in total. The van der Waals surface area contributed by atoms with Crippen molar-refractivity contribution in [2.24, 2.45) is 5.73 Å². The Balaban J connectivity index is 2.30. The van der Waals surface area contributed by atoms with E-state index in [2.05, 4.69) is 11.8 Å². The fraction of sp³-hybridized carbons (Fsp3) is 0.917. The fourth-order valence-corrected chi connectivity index (χ4v) is 2.12. The third-order valence-electron chi connectivity index (χ3n) is 3.29. The first-order valence-corrected chi connectivity index (χ1v) is 6.56. The molecule has 5 nitrogen and oxygen atoms in total. The summed E-state index contributed by atoms with van der Waals surface area (Å²) in [6.07, 6.45) is 2.87. The van der Waals surface area contributed by atoms with Crippen LogP contribution < -0.4 is 5.73 Å². The van der Waals surface area contributed by atoms with Gasteiger partial charge in [-0.3, -0.25) is 9.69 Å². The highest BCUT2D eigenvalue weighted by Gasteiger charge is 2.24. The van der Waals surface area contributed by atoms with E-state index < -0.39 is 0 Å². The molecule has 1 rings (SSSR count). The minimum atomic E-state index is -0.334. The van der Waals surface area contributed by atoms with Gasteiger partial charge in [-0.1, -0.05) is 19.8 Å². The van der Waals surface area contributed by atoms with Crippen LogP contribution in [0.5, 0.6) is 0 Å². The molecule has 0 saturated carbocycles. The van der Waals surface area contributed by atoms with E-state index >= 15 is 0 Å². The van der Waals surface area contributed by atoms with E-state index in [0.717, 1.165) is 45.4 Å². The molecule has 0 radical (unpaired) electrons. The summed E-state index contributed by atoms with van der Waals surface area (Å²) >= 11 is 0. The monoisotopic (exact) mass is 243 g/mol. The lowest BCUT2D eigenvalue weighted by atomic mass is 10.1. The lowest BCUT2D eigenvalue weighted by molar-refractivity contribution is -0.134. The summed E-state index contributed by atoms with van der Waals surface area (Å²) in [5.41, 5.74) is 5.88. The van der Waals surface area contributed by atoms with Gasteiger partial charge in [-0.25, -0.2) is 0 Å². The smallest absolute Gasteiger partial charge is 0.239 e. The number of nitrogens with zero attached hydrogens (tertiary/aromatic N) is 2. The van der Waals surface area contributed by atoms with E-state index in [0.29, 0.717) is 6.54 Å². The summed E-state index contributed by atoms with van der Waals surface area (Å²) in [5.74, 6) is 0.0853. The summed E-state index contributed by atoms with van der Waals surface area (Å²) in [6.45, 7) is 6.13. The van der Waals surface area contributed by atoms with Gasteiger partial charge >= 0.3 is 0 Å². The molecule has 1 amide bonds. The van der Waals surface area contributed by atoms with Crippen LogP contribution in [-0.2, 0) is 4.79 Å². The number of hydrogen-bond acceptors (Lipinski definition) is 4. The molecule has 1 saturated heterocycles. The maximum absolute atomic E-state index is 12.0. The third kappa shape index (κ3) is 4.61. The lowest BCUT2D eigenvalue weighted by Gasteiger charge is -2.35. The van der Waals surface area contributed by atoms with Crippen molar-refractivity contribution in [3.8, 4) is 0 Å². The zero-order valence-corrected chi connectivity index (χ0v) is 10.8. The second-order valence-corrected chi connectivity index (χ2v) is 4.64. The zero-order valence-electron chi connectivity index (χ0n) is 10.8. The van der Waals surface area contributed by atoms with Crippen LogP contribution in [0.2, 0.25) is 0 Å². The summed E-state index contributed by atoms with van der Waals surface area (Å²) < 4.78 is 0. The molecule has 1 atom stereocenters. The first-order chi connectivity index (χ1) is 8.19. The molecule has 0 aromatic heterocycles. The van der Waals surface area contributed by atoms with Gasteiger partial charge in [0.05, 0.1) is 12.6 Å². The average Bonchev–Trinajstić information content (AvgIpc) is 2.36. The molecule has 1 unspecified atom stereocenters. The van der Waals surface area contributed by atoms with Crippen LogP contribution in [0, 0.1) is 0 Å². The molecule has 1 fully saturated rings. The Labute approximate surface area is 104 Å². The maximum atomic E-state index is 12.0. The number of carbonyl (C=O) groups is 1. The summed E-state index contributed by atoms with van der Waals surface area (Å²) in [6, 6.07) is -0.334. The molecule has 1 aliphatic rings. The van der Waals surface area contributed by atoms with E-state index in [9.17, 15) is 4.79 Å². The Hall–Kier alpha value is -0.650. The van der Waals surface area contributed by atoms with Gasteiger partial charge in [0.15, 0.2) is 0 Å². The summed E-state index contributed by atoms with van der Waals surface area (Å²) in [7, 11) is 0. The van der Waals surface area contributed by atoms with Gasteiger partial charge in [0, 0.05) is 32.7 Å². The highest BCUT2D eigenvalue weighted by molar-refractivity contribution is 5.81. The third-order valence-corrected chi connectivity index (χ3v) is 3.29. The minimum Gasteiger partial charge on any atom is -0.395 e. The van der Waals surface area contributed by atoms with E-state index in [1.165, 1.54) is 0 Å². The molecule has 0 aromatic rings. The van der Waals surface area contributed by atoms with Crippen LogP contribution in [0.25, 0.3) is 0 Å². The number of nitrogens with two attached hydrogens (primary N) is 1. The number of aliphatic hydroxyl groups excluding tert-OH is 1. The maximum Gasteiger partial charge on any atom is 0.239 e. The Morgan fingerprint density at radius 3 is 2.53 bits per heavy atom. The van der Waals surface area contributed by atoms with Gasteiger partial charge in [0.2, 0.25) is 5.91 Å². The fourth-order valence-electron chi connectivity index (χ4n) is 2.12. The minimum absolute atomic E-state index is 0.0853. The Morgan fingerprint density at radius 1 is 1.35 bits per heavy atom. The predicted molar refractivity (Wildman–Crippen MR) is 67.6 cm³/mol. The quantitative estimate of drug-likeness (QED) is 0.668. The molecule has 1 heterocycles. The van der Waals surface area contributed by atoms with Crippen LogP contribution in [0.15, 0.2) is 0 Å². The largest absolute Gasteiger partial charge is 0.395 e. The van der Waals surface area contributed by atoms with Crippen molar-refractivity contribution < 1.29 is 9.90 Å². The first-order valence-electron chi connectivity index (χ1n) is 6.56. The second-order valence-electron chi connectivity index (χ2n) is 4.64. The standard InChI is InChI=1S/C12H25N3O2/c1-2-3-4-11(13)12(17)15-7-5-14(6-8-15)9-10-16/h11,16H,2-10,13H2,1H3. The molecule has 5 heteroatoms. The van der Waals surface area contributed by atoms with E-state index in [-0.39, 0.29) is 18.6 Å². The Morgan fingerprint density at radius 2 is 2.00 bits per heavy atom. The molecule has 0 bridgehead atoms. The molecule has 1 aliphatic heterocycles. The van der Waals surface area contributed by atoms with Gasteiger partial charge < -0.3 is 15.7 Å². The van der Waals surface area contributed by atoms with Gasteiger partial charge in [-0.05, 0) is 6.42 Å². The number of hydrogen-bond donors (Lipinski definition) is 2. The van der Waals surface area contributed by atoms with Gasteiger partial charge in [0.25, 0.3) is 0 Å². The van der Waals surface area contributed by atoms with Crippen LogP contribution in [0.1, 0.15) is 26.2 Å². The molecule has 0 spiro atoms. The van der Waals surface area contributed by atoms with Crippen molar-refractivity contribution in [2.75, 3.05) is 39.3 Å². The molecule has 0 aromatic carbocycles. The van der Waals surface area contributed by atoms with Crippen LogP contribution in [0.3, 0.4) is 0 Å². The Bertz CT molecular complexity index is 228. The van der Waals surface area contributed by atoms with Crippen molar-refractivity contribution in [3.63, 3.8) is 0 Å². The lowest BCUT2D eigenvalue weighted by Crippen LogP contribution is -2.53. The summed E-state index contributed by atoms with van der Waals surface area (Å²) in [4.78, 5) is 16.0. The van der Waals surface area contributed by atoms with E-state index in [1.807, 2.05) is 4.90 Å². The number of piperazine rings is 1. The highest BCUT2D eigenvalue weighted by Crippen LogP contribution is 2.06. The predicted octanol–water partition coefficient (Wildman–Crippen LogP) is -0.360. The topological polar surface area (TPSA) is 69.8 Å². The van der Waals surface area contributed by atoms with E-state index in [4.69, 9.17) is 10.8 Å². The van der Waals surface area contributed by atoms with Crippen molar-refractivity contribution in [1.82, 2.24) is 9.80 Å². The van der Waals surface area contributed by atoms with E-state index in [1.54, 1.807) is 0 Å². The number of carbonyl (C=O) groups excluding carboxylic acids is 1. The Kier molecular flexibility index (Phi) is 6.47. The SMILES string of the molecule is CCCCC(N)C(=O)N1CCN(CCO)CC1. The number of aliphatic hydroxyl groups is 1. The van der Waals surface area contributed by atoms with Crippen molar-refractivity contribution in [3.05, 3.63) is 0 Å². The first kappa shape index (κ1) is 14.4. The zero-order chi connectivity index (χ0) is 12.7. The van der Waals surface area contributed by atoms with Crippen LogP contribution in [-0.4, -0.2) is 66.2 Å². The normalized spacial score (nSPS) is 19.4.